The number of carbonyl (C=O) groups is 4. The van der Waals surface area contributed by atoms with Crippen molar-refractivity contribution in [1.82, 2.24) is 26.1 Å². The lowest BCUT2D eigenvalue weighted by molar-refractivity contribution is -0.141. The van der Waals surface area contributed by atoms with Gasteiger partial charge in [-0.05, 0) is 19.3 Å². The van der Waals surface area contributed by atoms with Gasteiger partial charge in [-0.3, -0.25) is 9.59 Å². The molecule has 1 unspecified atom stereocenters. The number of nitrogens with two attached hydrogens (primary N) is 2. The molecular weight excluding hydrogens is 414 g/mol. The van der Waals surface area contributed by atoms with Crippen LogP contribution < -0.4 is 27.4 Å². The number of nitrogens with one attached hydrogen (secondary N) is 3. The molecule has 0 saturated carbocycles. The number of carbonyl (C=O) groups excluding carboxylic acids is 3. The third kappa shape index (κ3) is 8.96. The predicted octanol–water partition coefficient (Wildman–Crippen LogP) is -1.72. The second-order valence-corrected chi connectivity index (χ2v) is 7.40. The highest BCUT2D eigenvalue weighted by atomic mass is 16.5. The van der Waals surface area contributed by atoms with E-state index < -0.39 is 54.6 Å². The largest absolute Gasteiger partial charge is 0.480 e. The Balaban J connectivity index is 2.73. The van der Waals surface area contributed by atoms with E-state index in [1.165, 1.54) is 6.92 Å². The van der Waals surface area contributed by atoms with Gasteiger partial charge in [0.15, 0.2) is 11.9 Å². The second-order valence-electron chi connectivity index (χ2n) is 7.40. The van der Waals surface area contributed by atoms with Gasteiger partial charge in [-0.15, -0.1) is 0 Å². The van der Waals surface area contributed by atoms with E-state index in [0.717, 1.165) is 0 Å². The molecule has 1 aromatic heterocycles. The summed E-state index contributed by atoms with van der Waals surface area (Å²) in [6.07, 6.45) is -1.11. The molecule has 0 aliphatic heterocycles. The maximum atomic E-state index is 12.2. The fourth-order valence-corrected chi connectivity index (χ4v) is 2.54. The van der Waals surface area contributed by atoms with Crippen molar-refractivity contribution in [2.45, 2.75) is 57.8 Å². The molecule has 1 heterocycles. The second kappa shape index (κ2) is 11.8. The molecule has 0 aromatic carbocycles. The van der Waals surface area contributed by atoms with Gasteiger partial charge in [0.1, 0.15) is 6.04 Å². The van der Waals surface area contributed by atoms with Gasteiger partial charge in [0.2, 0.25) is 17.7 Å². The predicted molar refractivity (Wildman–Crippen MR) is 105 cm³/mol. The number of hydrogen-bond donors (Lipinski definition) is 7. The van der Waals surface area contributed by atoms with E-state index in [4.69, 9.17) is 21.1 Å². The highest BCUT2D eigenvalue weighted by Gasteiger charge is 2.27. The minimum absolute atomic E-state index is 0.0779. The highest BCUT2D eigenvalue weighted by Crippen LogP contribution is 2.20. The van der Waals surface area contributed by atoms with Crippen LogP contribution in [0.3, 0.4) is 0 Å². The fourth-order valence-electron chi connectivity index (χ4n) is 2.54. The van der Waals surface area contributed by atoms with Gasteiger partial charge in [0, 0.05) is 0 Å². The van der Waals surface area contributed by atoms with E-state index in [1.807, 2.05) is 19.2 Å². The molecule has 0 fully saturated rings. The van der Waals surface area contributed by atoms with E-state index >= 15 is 0 Å². The normalized spacial score (nSPS) is 14.9. The quantitative estimate of drug-likeness (QED) is 0.193. The molecule has 4 atom stereocenters. The van der Waals surface area contributed by atoms with Crippen molar-refractivity contribution in [1.29, 1.82) is 0 Å². The van der Waals surface area contributed by atoms with Crippen LogP contribution in [0.4, 0.5) is 4.79 Å². The fraction of sp³-hybridized carbons (Fsp3) is 0.647. The lowest BCUT2D eigenvalue weighted by atomic mass is 10.0. The third-order valence-corrected chi connectivity index (χ3v) is 4.00. The Hall–Kier alpha value is -3.26. The van der Waals surface area contributed by atoms with Gasteiger partial charge in [-0.1, -0.05) is 19.0 Å². The van der Waals surface area contributed by atoms with Gasteiger partial charge < -0.3 is 42.2 Å². The number of carboxylic acid groups (broad SMARTS) is 1. The average molecular weight is 443 g/mol. The van der Waals surface area contributed by atoms with Crippen LogP contribution in [0.1, 0.15) is 57.4 Å². The molecule has 0 bridgehead atoms. The molecule has 174 valence electrons. The van der Waals surface area contributed by atoms with Crippen LogP contribution >= 0.6 is 0 Å². The topological polar surface area (TPSA) is 236 Å². The highest BCUT2D eigenvalue weighted by molar-refractivity contribution is 5.87. The first-order chi connectivity index (χ1) is 14.4. The summed E-state index contributed by atoms with van der Waals surface area (Å²) in [6.45, 7) is 4.56. The Kier molecular flexibility index (Phi) is 9.82. The van der Waals surface area contributed by atoms with Crippen molar-refractivity contribution in [2.24, 2.45) is 17.4 Å². The summed E-state index contributed by atoms with van der Waals surface area (Å²) in [5.41, 5.74) is 11.2. The first kappa shape index (κ1) is 25.8. The number of aliphatic hydroxyl groups excluding tert-OH is 1. The first-order valence-corrected chi connectivity index (χ1v) is 9.52. The summed E-state index contributed by atoms with van der Waals surface area (Å²) in [5, 5.41) is 28.6. The van der Waals surface area contributed by atoms with Gasteiger partial charge in [0.25, 0.3) is 0 Å². The summed E-state index contributed by atoms with van der Waals surface area (Å²) in [7, 11) is 0. The molecule has 14 heteroatoms. The number of primary amides is 1. The molecule has 0 spiro atoms. The van der Waals surface area contributed by atoms with E-state index in [9.17, 15) is 24.3 Å². The summed E-state index contributed by atoms with van der Waals surface area (Å²) in [5.74, 6) is -2.52. The number of aromatic nitrogens is 2. The molecule has 1 rings (SSSR count). The monoisotopic (exact) mass is 443 g/mol. The number of rotatable bonds is 12. The Bertz CT molecular complexity index is 781. The lowest BCUT2D eigenvalue weighted by Gasteiger charge is -2.18. The summed E-state index contributed by atoms with van der Waals surface area (Å²) in [6, 6.07) is -4.09. The third-order valence-electron chi connectivity index (χ3n) is 4.00. The maximum Gasteiger partial charge on any atom is 0.328 e. The SMILES string of the molecule is CC(C)C[C@H](N)c1noc([C@H](CC(N)=O)NC(=O)CNC(=O)N[C@H](C(=O)O)C(C)O)n1. The number of carboxylic acids is 1. The number of nitrogens with zero attached hydrogens (tertiary/aromatic N) is 2. The number of hydrogen-bond acceptors (Lipinski definition) is 9. The number of aliphatic carboxylic acids is 1. The first-order valence-electron chi connectivity index (χ1n) is 9.52. The van der Waals surface area contributed by atoms with Crippen molar-refractivity contribution >= 4 is 23.8 Å². The number of aliphatic hydroxyl groups is 1. The van der Waals surface area contributed by atoms with Crippen LogP contribution in [-0.2, 0) is 14.4 Å². The molecular formula is C17H29N7O7. The Morgan fingerprint density at radius 2 is 1.81 bits per heavy atom. The van der Waals surface area contributed by atoms with E-state index in [2.05, 4.69) is 20.8 Å². The van der Waals surface area contributed by atoms with Crippen LogP contribution in [0.5, 0.6) is 0 Å². The van der Waals surface area contributed by atoms with Crippen molar-refractivity contribution in [2.75, 3.05) is 6.54 Å². The van der Waals surface area contributed by atoms with E-state index in [-0.39, 0.29) is 24.1 Å². The van der Waals surface area contributed by atoms with Crippen LogP contribution in [-0.4, -0.2) is 62.9 Å². The Morgan fingerprint density at radius 1 is 1.16 bits per heavy atom. The minimum atomic E-state index is -1.56. The van der Waals surface area contributed by atoms with E-state index in [0.29, 0.717) is 6.42 Å². The number of urea groups is 1. The number of amides is 4. The van der Waals surface area contributed by atoms with Crippen molar-refractivity contribution in [3.8, 4) is 0 Å². The Labute approximate surface area is 178 Å². The molecule has 1 aromatic rings. The zero-order valence-corrected chi connectivity index (χ0v) is 17.5. The molecule has 0 saturated heterocycles. The average Bonchev–Trinajstić information content (AvgIpc) is 3.12. The van der Waals surface area contributed by atoms with Crippen LogP contribution in [0.25, 0.3) is 0 Å². The van der Waals surface area contributed by atoms with Gasteiger partial charge in [-0.2, -0.15) is 4.98 Å². The molecule has 0 aliphatic carbocycles. The zero-order chi connectivity index (χ0) is 23.7. The summed E-state index contributed by atoms with van der Waals surface area (Å²) < 4.78 is 5.11. The zero-order valence-electron chi connectivity index (χ0n) is 17.5. The van der Waals surface area contributed by atoms with Crippen LogP contribution in [0, 0.1) is 5.92 Å². The van der Waals surface area contributed by atoms with Crippen molar-refractivity contribution < 1.29 is 33.9 Å². The Morgan fingerprint density at radius 3 is 2.32 bits per heavy atom. The molecule has 4 amide bonds. The molecule has 14 nitrogen and oxygen atoms in total. The summed E-state index contributed by atoms with van der Waals surface area (Å²) in [4.78, 5) is 50.4. The standard InChI is InChI=1S/C17H29N7O7/c1-7(2)4-9(18)14-23-15(31-24-14)10(5-11(19)26)21-12(27)6-20-17(30)22-13(8(3)25)16(28)29/h7-10,13,25H,4-6,18H2,1-3H3,(H2,19,26)(H,21,27)(H,28,29)(H2,20,22,30)/t8?,9-,10-,13-/m0/s1. The molecule has 0 radical (unpaired) electrons. The lowest BCUT2D eigenvalue weighted by Crippen LogP contribution is -2.52. The van der Waals surface area contributed by atoms with Crippen LogP contribution in [0.15, 0.2) is 4.52 Å². The maximum absolute atomic E-state index is 12.2. The smallest absolute Gasteiger partial charge is 0.328 e. The van der Waals surface area contributed by atoms with E-state index in [1.54, 1.807) is 0 Å². The molecule has 31 heavy (non-hydrogen) atoms. The summed E-state index contributed by atoms with van der Waals surface area (Å²) >= 11 is 0. The van der Waals surface area contributed by atoms with Crippen LogP contribution in [0.2, 0.25) is 0 Å². The van der Waals surface area contributed by atoms with Crippen molar-refractivity contribution in [3.63, 3.8) is 0 Å². The van der Waals surface area contributed by atoms with Gasteiger partial charge in [-0.25, -0.2) is 9.59 Å². The van der Waals surface area contributed by atoms with Gasteiger partial charge >= 0.3 is 12.0 Å². The molecule has 0 aliphatic rings. The van der Waals surface area contributed by atoms with Crippen molar-refractivity contribution in [3.05, 3.63) is 11.7 Å². The molecule has 9 N–H and O–H groups in total. The van der Waals surface area contributed by atoms with Gasteiger partial charge in [0.05, 0.1) is 25.1 Å². The minimum Gasteiger partial charge on any atom is -0.480 e.